The van der Waals surface area contributed by atoms with Crippen LogP contribution in [0.5, 0.6) is 5.75 Å². The first-order chi connectivity index (χ1) is 10.3. The predicted molar refractivity (Wildman–Crippen MR) is 82.5 cm³/mol. The monoisotopic (exact) mass is 291 g/mol. The van der Waals surface area contributed by atoms with E-state index in [9.17, 15) is 4.79 Å². The van der Waals surface area contributed by atoms with Gasteiger partial charge in [0.25, 0.3) is 0 Å². The molecule has 0 amide bonds. The maximum atomic E-state index is 10.9. The van der Waals surface area contributed by atoms with Crippen LogP contribution in [0, 0.1) is 11.8 Å². The van der Waals surface area contributed by atoms with Crippen LogP contribution in [0.2, 0.25) is 0 Å². The average molecular weight is 291 g/mol. The molecule has 0 bridgehead atoms. The Hall–Kier alpha value is -1.55. The van der Waals surface area contributed by atoms with Crippen molar-refractivity contribution in [2.45, 2.75) is 32.1 Å². The Morgan fingerprint density at radius 2 is 1.90 bits per heavy atom. The topological polar surface area (TPSA) is 58.6 Å². The van der Waals surface area contributed by atoms with Gasteiger partial charge in [-0.3, -0.25) is 4.79 Å². The zero-order chi connectivity index (χ0) is 14.9. The fourth-order valence-corrected chi connectivity index (χ4v) is 2.82. The maximum absolute atomic E-state index is 10.9. The van der Waals surface area contributed by atoms with E-state index in [1.54, 1.807) is 0 Å². The summed E-state index contributed by atoms with van der Waals surface area (Å²) in [7, 11) is 0. The number of rotatable bonds is 8. The Balaban J connectivity index is 1.48. The highest BCUT2D eigenvalue weighted by atomic mass is 16.5. The van der Waals surface area contributed by atoms with Gasteiger partial charge >= 0.3 is 5.97 Å². The van der Waals surface area contributed by atoms with Crippen molar-refractivity contribution in [1.82, 2.24) is 5.32 Å². The molecule has 1 aliphatic rings. The van der Waals surface area contributed by atoms with Crippen molar-refractivity contribution in [3.8, 4) is 5.75 Å². The molecule has 4 heteroatoms. The normalized spacial score (nSPS) is 21.9. The molecule has 0 heterocycles. The van der Waals surface area contributed by atoms with E-state index in [0.717, 1.165) is 57.6 Å². The van der Waals surface area contributed by atoms with Crippen molar-refractivity contribution in [2.75, 3.05) is 19.7 Å². The fourth-order valence-electron chi connectivity index (χ4n) is 2.82. The number of carbonyl (C=O) groups is 1. The molecule has 0 spiro atoms. The number of hydrogen-bond acceptors (Lipinski definition) is 3. The van der Waals surface area contributed by atoms with Crippen LogP contribution in [0.3, 0.4) is 0 Å². The molecule has 4 nitrogen and oxygen atoms in total. The van der Waals surface area contributed by atoms with E-state index in [4.69, 9.17) is 9.84 Å². The van der Waals surface area contributed by atoms with Crippen molar-refractivity contribution in [2.24, 2.45) is 11.8 Å². The fraction of sp³-hybridized carbons (Fsp3) is 0.588. The van der Waals surface area contributed by atoms with E-state index in [-0.39, 0.29) is 5.92 Å². The Labute approximate surface area is 126 Å². The maximum Gasteiger partial charge on any atom is 0.306 e. The van der Waals surface area contributed by atoms with Crippen LogP contribution in [-0.2, 0) is 4.79 Å². The second-order valence-corrected chi connectivity index (χ2v) is 5.78. The molecule has 0 aromatic heterocycles. The first-order valence-corrected chi connectivity index (χ1v) is 7.87. The van der Waals surface area contributed by atoms with E-state index >= 15 is 0 Å². The zero-order valence-corrected chi connectivity index (χ0v) is 12.5. The van der Waals surface area contributed by atoms with Gasteiger partial charge in [-0.1, -0.05) is 18.2 Å². The SMILES string of the molecule is O=C(O)C1CCC(CNCCCOc2ccccc2)CC1. The Morgan fingerprint density at radius 3 is 2.57 bits per heavy atom. The van der Waals surface area contributed by atoms with Crippen LogP contribution >= 0.6 is 0 Å². The van der Waals surface area contributed by atoms with Gasteiger partial charge in [0.15, 0.2) is 0 Å². The number of nitrogens with one attached hydrogen (secondary N) is 1. The molecule has 0 atom stereocenters. The van der Waals surface area contributed by atoms with E-state index in [1.807, 2.05) is 30.3 Å². The number of aliphatic carboxylic acids is 1. The van der Waals surface area contributed by atoms with E-state index < -0.39 is 5.97 Å². The highest BCUT2D eigenvalue weighted by Gasteiger charge is 2.25. The van der Waals surface area contributed by atoms with Gasteiger partial charge < -0.3 is 15.2 Å². The average Bonchev–Trinajstić information content (AvgIpc) is 2.52. The molecular weight excluding hydrogens is 266 g/mol. The lowest BCUT2D eigenvalue weighted by Crippen LogP contribution is -2.29. The standard InChI is InChI=1S/C17H25NO3/c19-17(20)15-9-7-14(8-10-15)13-18-11-4-12-21-16-5-2-1-3-6-16/h1-3,5-6,14-15,18H,4,7-13H2,(H,19,20). The van der Waals surface area contributed by atoms with Crippen LogP contribution < -0.4 is 10.1 Å². The van der Waals surface area contributed by atoms with Gasteiger partial charge in [-0.25, -0.2) is 0 Å². The first-order valence-electron chi connectivity index (χ1n) is 7.87. The highest BCUT2D eigenvalue weighted by molar-refractivity contribution is 5.69. The lowest BCUT2D eigenvalue weighted by Gasteiger charge is -2.26. The minimum atomic E-state index is -0.625. The highest BCUT2D eigenvalue weighted by Crippen LogP contribution is 2.28. The van der Waals surface area contributed by atoms with E-state index in [0.29, 0.717) is 5.92 Å². The summed E-state index contributed by atoms with van der Waals surface area (Å²) in [5, 5.41) is 12.4. The number of hydrogen-bond donors (Lipinski definition) is 2. The quantitative estimate of drug-likeness (QED) is 0.723. The summed E-state index contributed by atoms with van der Waals surface area (Å²) in [5.41, 5.74) is 0. The molecule has 1 fully saturated rings. The predicted octanol–water partition coefficient (Wildman–Crippen LogP) is 2.94. The molecule has 1 aromatic rings. The number of para-hydroxylation sites is 1. The van der Waals surface area contributed by atoms with Gasteiger partial charge in [0, 0.05) is 0 Å². The lowest BCUT2D eigenvalue weighted by atomic mass is 9.82. The molecule has 1 aliphatic carbocycles. The zero-order valence-electron chi connectivity index (χ0n) is 12.5. The van der Waals surface area contributed by atoms with Crippen LogP contribution in [0.25, 0.3) is 0 Å². The molecule has 21 heavy (non-hydrogen) atoms. The van der Waals surface area contributed by atoms with Gasteiger partial charge in [-0.15, -0.1) is 0 Å². The summed E-state index contributed by atoms with van der Waals surface area (Å²) in [6, 6.07) is 9.86. The third kappa shape index (κ3) is 5.76. The first kappa shape index (κ1) is 15.8. The molecule has 0 radical (unpaired) electrons. The minimum Gasteiger partial charge on any atom is -0.494 e. The van der Waals surface area contributed by atoms with Crippen LogP contribution in [-0.4, -0.2) is 30.8 Å². The second kappa shape index (κ2) is 8.67. The van der Waals surface area contributed by atoms with Crippen LogP contribution in [0.1, 0.15) is 32.1 Å². The number of ether oxygens (including phenoxy) is 1. The Bertz CT molecular complexity index is 413. The van der Waals surface area contributed by atoms with Crippen molar-refractivity contribution in [1.29, 1.82) is 0 Å². The number of benzene rings is 1. The van der Waals surface area contributed by atoms with Crippen molar-refractivity contribution in [3.63, 3.8) is 0 Å². The van der Waals surface area contributed by atoms with Crippen molar-refractivity contribution in [3.05, 3.63) is 30.3 Å². The van der Waals surface area contributed by atoms with Gasteiger partial charge in [0.1, 0.15) is 5.75 Å². The lowest BCUT2D eigenvalue weighted by molar-refractivity contribution is -0.143. The molecule has 1 aromatic carbocycles. The number of carboxylic acids is 1. The summed E-state index contributed by atoms with van der Waals surface area (Å²) in [6.45, 7) is 2.67. The van der Waals surface area contributed by atoms with Gasteiger partial charge in [-0.2, -0.15) is 0 Å². The van der Waals surface area contributed by atoms with Gasteiger partial charge in [0.2, 0.25) is 0 Å². The number of carboxylic acid groups (broad SMARTS) is 1. The summed E-state index contributed by atoms with van der Waals surface area (Å²) < 4.78 is 5.63. The molecule has 116 valence electrons. The summed E-state index contributed by atoms with van der Waals surface area (Å²) >= 11 is 0. The molecule has 0 aliphatic heterocycles. The van der Waals surface area contributed by atoms with E-state index in [1.165, 1.54) is 0 Å². The van der Waals surface area contributed by atoms with Crippen LogP contribution in [0.15, 0.2) is 30.3 Å². The third-order valence-corrected chi connectivity index (χ3v) is 4.14. The minimum absolute atomic E-state index is 0.111. The summed E-state index contributed by atoms with van der Waals surface area (Å²) in [6.07, 6.45) is 4.71. The molecule has 1 saturated carbocycles. The largest absolute Gasteiger partial charge is 0.494 e. The van der Waals surface area contributed by atoms with Crippen molar-refractivity contribution >= 4 is 5.97 Å². The molecule has 2 N–H and O–H groups in total. The molecule has 0 unspecified atom stereocenters. The molecular formula is C17H25NO3. The van der Waals surface area contributed by atoms with Gasteiger partial charge in [-0.05, 0) is 63.2 Å². The Morgan fingerprint density at radius 1 is 1.19 bits per heavy atom. The third-order valence-electron chi connectivity index (χ3n) is 4.14. The smallest absolute Gasteiger partial charge is 0.306 e. The summed E-state index contributed by atoms with van der Waals surface area (Å²) in [4.78, 5) is 10.9. The van der Waals surface area contributed by atoms with Crippen molar-refractivity contribution < 1.29 is 14.6 Å². The summed E-state index contributed by atoms with van der Waals surface area (Å²) in [5.74, 6) is 0.820. The second-order valence-electron chi connectivity index (χ2n) is 5.78. The molecule has 2 rings (SSSR count). The molecule has 0 saturated heterocycles. The van der Waals surface area contributed by atoms with Crippen LogP contribution in [0.4, 0.5) is 0 Å². The Kier molecular flexibility index (Phi) is 6.54. The van der Waals surface area contributed by atoms with Gasteiger partial charge in [0.05, 0.1) is 12.5 Å². The van der Waals surface area contributed by atoms with E-state index in [2.05, 4.69) is 5.32 Å².